The molecular formula is C11H10O6. The van der Waals surface area contributed by atoms with Crippen LogP contribution in [0.5, 0.6) is 5.75 Å². The molecule has 0 amide bonds. The zero-order chi connectivity index (χ0) is 12.5. The molecule has 1 aliphatic rings. The first-order valence-electron chi connectivity index (χ1n) is 4.69. The Morgan fingerprint density at radius 1 is 1.06 bits per heavy atom. The zero-order valence-electron chi connectivity index (χ0n) is 8.57. The fraction of sp³-hybridized carbons (Fsp3) is 0.0909. The van der Waals surface area contributed by atoms with E-state index in [-0.39, 0.29) is 5.75 Å². The minimum Gasteiger partial charge on any atom is -0.502 e. The van der Waals surface area contributed by atoms with Crippen molar-refractivity contribution in [2.45, 2.75) is 5.97 Å². The summed E-state index contributed by atoms with van der Waals surface area (Å²) in [4.78, 5) is 0. The van der Waals surface area contributed by atoms with Gasteiger partial charge in [-0.1, -0.05) is 18.2 Å². The lowest BCUT2D eigenvalue weighted by atomic mass is 10.2. The number of hydrogen-bond acceptors (Lipinski definition) is 6. The summed E-state index contributed by atoms with van der Waals surface area (Å²) in [7, 11) is 0. The monoisotopic (exact) mass is 238 g/mol. The molecular weight excluding hydrogens is 228 g/mol. The lowest BCUT2D eigenvalue weighted by Crippen LogP contribution is -2.42. The van der Waals surface area contributed by atoms with Crippen LogP contribution in [0, 0.1) is 0 Å². The van der Waals surface area contributed by atoms with Gasteiger partial charge in [-0.2, -0.15) is 0 Å². The molecule has 0 fully saturated rings. The van der Waals surface area contributed by atoms with E-state index in [4.69, 9.17) is 9.84 Å². The van der Waals surface area contributed by atoms with Gasteiger partial charge in [0.1, 0.15) is 12.0 Å². The molecule has 1 heterocycles. The lowest BCUT2D eigenvalue weighted by molar-refractivity contribution is -0.288. The van der Waals surface area contributed by atoms with Crippen molar-refractivity contribution in [2.24, 2.45) is 0 Å². The number of para-hydroxylation sites is 1. The first kappa shape index (κ1) is 11.2. The number of rotatable bonds is 2. The Kier molecular flexibility index (Phi) is 2.57. The summed E-state index contributed by atoms with van der Waals surface area (Å²) in [5, 5.41) is 37.6. The van der Waals surface area contributed by atoms with E-state index in [2.05, 4.69) is 4.74 Å². The molecule has 17 heavy (non-hydrogen) atoms. The highest BCUT2D eigenvalue weighted by Crippen LogP contribution is 2.29. The van der Waals surface area contributed by atoms with Gasteiger partial charge < -0.3 is 29.9 Å². The Labute approximate surface area is 96.3 Å². The summed E-state index contributed by atoms with van der Waals surface area (Å²) in [6.07, 6.45) is 0.665. The van der Waals surface area contributed by atoms with Gasteiger partial charge >= 0.3 is 5.97 Å². The molecule has 1 aliphatic heterocycles. The summed E-state index contributed by atoms with van der Waals surface area (Å²) in [6.45, 7) is 0. The molecule has 6 nitrogen and oxygen atoms in total. The maximum absolute atomic E-state index is 9.81. The van der Waals surface area contributed by atoms with Gasteiger partial charge in [-0.05, 0) is 12.1 Å². The average Bonchev–Trinajstić information content (AvgIpc) is 2.34. The molecule has 1 unspecified atom stereocenters. The van der Waals surface area contributed by atoms with Crippen molar-refractivity contribution in [3.63, 3.8) is 0 Å². The number of aliphatic hydroxyl groups excluding tert-OH is 3. The second-order valence-corrected chi connectivity index (χ2v) is 3.32. The molecule has 0 bridgehead atoms. The molecule has 4 N–H and O–H groups in total. The third-order valence-electron chi connectivity index (χ3n) is 2.10. The van der Waals surface area contributed by atoms with Crippen molar-refractivity contribution >= 4 is 0 Å². The van der Waals surface area contributed by atoms with Crippen molar-refractivity contribution in [1.82, 2.24) is 0 Å². The molecule has 1 atom stereocenters. The second kappa shape index (κ2) is 3.91. The maximum Gasteiger partial charge on any atom is 0.436 e. The minimum atomic E-state index is -2.56. The van der Waals surface area contributed by atoms with Crippen LogP contribution in [0.1, 0.15) is 0 Å². The topological polar surface area (TPSA) is 99.4 Å². The molecule has 2 rings (SSSR count). The molecule has 0 aromatic heterocycles. The number of ether oxygens (including phenoxy) is 2. The number of hydrogen-bond donors (Lipinski definition) is 4. The number of aliphatic hydroxyl groups is 4. The molecule has 0 saturated carbocycles. The molecule has 6 heteroatoms. The van der Waals surface area contributed by atoms with Crippen LogP contribution in [0.2, 0.25) is 0 Å². The molecule has 0 spiro atoms. The summed E-state index contributed by atoms with van der Waals surface area (Å²) in [6, 6.07) is 8.07. The smallest absolute Gasteiger partial charge is 0.436 e. The first-order valence-corrected chi connectivity index (χ1v) is 4.69. The van der Waals surface area contributed by atoms with Crippen molar-refractivity contribution < 1.29 is 29.9 Å². The van der Waals surface area contributed by atoms with Crippen LogP contribution in [0.4, 0.5) is 0 Å². The molecule has 1 aromatic carbocycles. The van der Waals surface area contributed by atoms with Gasteiger partial charge in [0.05, 0.1) is 0 Å². The van der Waals surface area contributed by atoms with Gasteiger partial charge in [-0.25, -0.2) is 0 Å². The van der Waals surface area contributed by atoms with Crippen LogP contribution in [0.25, 0.3) is 0 Å². The Balaban J connectivity index is 2.28. The van der Waals surface area contributed by atoms with E-state index in [0.717, 1.165) is 0 Å². The first-order chi connectivity index (χ1) is 8.03. The van der Waals surface area contributed by atoms with Gasteiger partial charge in [-0.3, -0.25) is 0 Å². The Morgan fingerprint density at radius 3 is 2.35 bits per heavy atom. The zero-order valence-corrected chi connectivity index (χ0v) is 8.57. The highest BCUT2D eigenvalue weighted by atomic mass is 16.8. The van der Waals surface area contributed by atoms with E-state index in [1.165, 1.54) is 12.1 Å². The van der Waals surface area contributed by atoms with E-state index in [0.29, 0.717) is 6.26 Å². The molecule has 0 aliphatic carbocycles. The van der Waals surface area contributed by atoms with Crippen molar-refractivity contribution in [3.05, 3.63) is 53.9 Å². The minimum absolute atomic E-state index is 0.212. The largest absolute Gasteiger partial charge is 0.502 e. The van der Waals surface area contributed by atoms with Gasteiger partial charge in [0.2, 0.25) is 5.76 Å². The maximum atomic E-state index is 9.81. The normalized spacial score (nSPS) is 23.9. The highest BCUT2D eigenvalue weighted by molar-refractivity contribution is 5.28. The molecule has 0 radical (unpaired) electrons. The van der Waals surface area contributed by atoms with E-state index in [9.17, 15) is 15.3 Å². The Bertz CT molecular complexity index is 478. The predicted molar refractivity (Wildman–Crippen MR) is 56.1 cm³/mol. The fourth-order valence-corrected chi connectivity index (χ4v) is 1.24. The summed E-state index contributed by atoms with van der Waals surface area (Å²) in [5.41, 5.74) is 0. The standard InChI is InChI=1S/C11H10O6/c12-8-6-16-11(15,10(14)9(8)13)17-7-4-2-1-3-5-7/h1-6,12-15H. The third kappa shape index (κ3) is 1.98. The van der Waals surface area contributed by atoms with Gasteiger partial charge in [0.15, 0.2) is 5.76 Å². The van der Waals surface area contributed by atoms with Crippen LogP contribution >= 0.6 is 0 Å². The highest BCUT2D eigenvalue weighted by Gasteiger charge is 2.44. The Morgan fingerprint density at radius 2 is 1.71 bits per heavy atom. The van der Waals surface area contributed by atoms with E-state index in [1.54, 1.807) is 18.2 Å². The van der Waals surface area contributed by atoms with Gasteiger partial charge in [0, 0.05) is 0 Å². The molecule has 0 saturated heterocycles. The quantitative estimate of drug-likeness (QED) is 0.582. The Hall–Kier alpha value is -2.34. The van der Waals surface area contributed by atoms with Crippen molar-refractivity contribution in [3.8, 4) is 5.75 Å². The van der Waals surface area contributed by atoms with Crippen LogP contribution < -0.4 is 4.74 Å². The van der Waals surface area contributed by atoms with E-state index in [1.807, 2.05) is 0 Å². The van der Waals surface area contributed by atoms with E-state index >= 15 is 0 Å². The fourth-order valence-electron chi connectivity index (χ4n) is 1.24. The summed E-state index contributed by atoms with van der Waals surface area (Å²) < 4.78 is 9.60. The van der Waals surface area contributed by atoms with Crippen molar-refractivity contribution in [2.75, 3.05) is 0 Å². The SMILES string of the molecule is OC1=COC(O)(Oc2ccccc2)C(O)=C1O. The number of benzene rings is 1. The average molecular weight is 238 g/mol. The predicted octanol–water partition coefficient (Wildman–Crippen LogP) is 1.47. The molecule has 1 aromatic rings. The van der Waals surface area contributed by atoms with E-state index < -0.39 is 23.3 Å². The van der Waals surface area contributed by atoms with Crippen LogP contribution in [-0.2, 0) is 4.74 Å². The summed E-state index contributed by atoms with van der Waals surface area (Å²) >= 11 is 0. The van der Waals surface area contributed by atoms with Gasteiger partial charge in [0.25, 0.3) is 5.76 Å². The second-order valence-electron chi connectivity index (χ2n) is 3.32. The summed E-state index contributed by atoms with van der Waals surface area (Å²) in [5.74, 6) is -4.98. The molecule has 90 valence electrons. The van der Waals surface area contributed by atoms with Crippen LogP contribution in [-0.4, -0.2) is 26.4 Å². The lowest BCUT2D eigenvalue weighted by Gasteiger charge is -2.29. The van der Waals surface area contributed by atoms with Gasteiger partial charge in [-0.15, -0.1) is 0 Å². The van der Waals surface area contributed by atoms with Crippen LogP contribution in [0.15, 0.2) is 53.9 Å². The third-order valence-corrected chi connectivity index (χ3v) is 2.10. The van der Waals surface area contributed by atoms with Crippen LogP contribution in [0.3, 0.4) is 0 Å². The van der Waals surface area contributed by atoms with Crippen molar-refractivity contribution in [1.29, 1.82) is 0 Å².